The molecule has 1 heterocycles. The summed E-state index contributed by atoms with van der Waals surface area (Å²) in [5.74, 6) is -0.113. The number of benzene rings is 4. The highest BCUT2D eigenvalue weighted by molar-refractivity contribution is 6.30. The third-order valence-corrected chi connectivity index (χ3v) is 5.94. The van der Waals surface area contributed by atoms with Gasteiger partial charge < -0.3 is 15.2 Å². The molecule has 1 amide bonds. The molecule has 0 aromatic heterocycles. The molecule has 0 saturated heterocycles. The molecule has 1 atom stereocenters. The summed E-state index contributed by atoms with van der Waals surface area (Å²) < 4.78 is 37.4. The number of halogens is 3. The molecule has 34 heavy (non-hydrogen) atoms. The summed E-state index contributed by atoms with van der Waals surface area (Å²) in [5, 5.41) is 0.540. The average molecular weight is 478 g/mol. The van der Waals surface area contributed by atoms with Crippen molar-refractivity contribution in [3.8, 4) is 33.8 Å². The molecule has 1 aliphatic rings. The van der Waals surface area contributed by atoms with Gasteiger partial charge in [-0.3, -0.25) is 4.79 Å². The Balaban J connectivity index is 1.74. The van der Waals surface area contributed by atoms with Crippen LogP contribution in [0.4, 0.5) is 8.78 Å². The second kappa shape index (κ2) is 8.80. The van der Waals surface area contributed by atoms with Gasteiger partial charge in [-0.05, 0) is 58.7 Å². The van der Waals surface area contributed by atoms with E-state index in [1.54, 1.807) is 42.5 Å². The maximum atomic E-state index is 13.1. The fourth-order valence-corrected chi connectivity index (χ4v) is 4.50. The lowest BCUT2D eigenvalue weighted by molar-refractivity contribution is -0.0496. The normalized spacial score (nSPS) is 14.2. The standard InChI is InChI=1S/C27H18ClF2NO3/c28-17-6-3-5-16(13-17)25-21-14-15(18-7-1-2-8-20(18)26(31)32)11-12-19(21)24-22(33-25)9-4-10-23(24)34-27(29)30/h1-14,25,27H,(H2,31,32). The van der Waals surface area contributed by atoms with Crippen LogP contribution in [0.15, 0.2) is 84.9 Å². The molecule has 7 heteroatoms. The first-order valence-electron chi connectivity index (χ1n) is 10.5. The summed E-state index contributed by atoms with van der Waals surface area (Å²) in [6.45, 7) is -2.98. The molecule has 4 aromatic carbocycles. The number of alkyl halides is 2. The number of hydrogen-bond acceptors (Lipinski definition) is 3. The number of ether oxygens (including phenoxy) is 2. The van der Waals surface area contributed by atoms with E-state index in [1.165, 1.54) is 6.07 Å². The van der Waals surface area contributed by atoms with Crippen LogP contribution < -0.4 is 15.2 Å². The smallest absolute Gasteiger partial charge is 0.387 e. The Morgan fingerprint density at radius 2 is 1.74 bits per heavy atom. The van der Waals surface area contributed by atoms with Crippen LogP contribution in [0.2, 0.25) is 5.02 Å². The minimum Gasteiger partial charge on any atom is -0.480 e. The molecule has 0 bridgehead atoms. The molecular weight excluding hydrogens is 460 g/mol. The number of hydrogen-bond donors (Lipinski definition) is 1. The molecule has 4 aromatic rings. The topological polar surface area (TPSA) is 61.6 Å². The highest BCUT2D eigenvalue weighted by atomic mass is 35.5. The lowest BCUT2D eigenvalue weighted by Crippen LogP contribution is -2.17. The molecule has 0 aliphatic carbocycles. The highest BCUT2D eigenvalue weighted by Gasteiger charge is 2.31. The summed E-state index contributed by atoms with van der Waals surface area (Å²) in [4.78, 5) is 12.0. The summed E-state index contributed by atoms with van der Waals surface area (Å²) in [5.41, 5.74) is 9.99. The van der Waals surface area contributed by atoms with Gasteiger partial charge in [0.25, 0.3) is 0 Å². The van der Waals surface area contributed by atoms with Gasteiger partial charge in [-0.1, -0.05) is 60.1 Å². The molecule has 1 unspecified atom stereocenters. The third-order valence-electron chi connectivity index (χ3n) is 5.71. The molecule has 4 nitrogen and oxygen atoms in total. The van der Waals surface area contributed by atoms with Gasteiger partial charge in [-0.15, -0.1) is 0 Å². The Hall–Kier alpha value is -3.90. The van der Waals surface area contributed by atoms with Gasteiger partial charge in [0.15, 0.2) is 0 Å². The molecular formula is C27H18ClF2NO3. The molecule has 1 aliphatic heterocycles. The molecule has 170 valence electrons. The number of carbonyl (C=O) groups excluding carboxylic acids is 1. The van der Waals surface area contributed by atoms with Crippen molar-refractivity contribution in [3.63, 3.8) is 0 Å². The fourth-order valence-electron chi connectivity index (χ4n) is 4.30. The predicted molar refractivity (Wildman–Crippen MR) is 126 cm³/mol. The van der Waals surface area contributed by atoms with Gasteiger partial charge in [0.05, 0.1) is 5.56 Å². The molecule has 0 fully saturated rings. The highest BCUT2D eigenvalue weighted by Crippen LogP contribution is 2.50. The van der Waals surface area contributed by atoms with Crippen molar-refractivity contribution in [1.29, 1.82) is 0 Å². The van der Waals surface area contributed by atoms with Gasteiger partial charge in [-0.25, -0.2) is 0 Å². The van der Waals surface area contributed by atoms with Crippen molar-refractivity contribution in [1.82, 2.24) is 0 Å². The van der Waals surface area contributed by atoms with Crippen LogP contribution in [0.25, 0.3) is 22.3 Å². The van der Waals surface area contributed by atoms with E-state index in [0.29, 0.717) is 33.0 Å². The Bertz CT molecular complexity index is 1410. The van der Waals surface area contributed by atoms with Crippen molar-refractivity contribution in [3.05, 3.63) is 107 Å². The van der Waals surface area contributed by atoms with E-state index in [4.69, 9.17) is 26.8 Å². The first kappa shape index (κ1) is 21.9. The molecule has 2 N–H and O–H groups in total. The van der Waals surface area contributed by atoms with Crippen molar-refractivity contribution < 1.29 is 23.0 Å². The Morgan fingerprint density at radius 3 is 2.50 bits per heavy atom. The predicted octanol–water partition coefficient (Wildman–Crippen LogP) is 6.86. The number of amides is 1. The van der Waals surface area contributed by atoms with Crippen molar-refractivity contribution >= 4 is 17.5 Å². The maximum Gasteiger partial charge on any atom is 0.387 e. The van der Waals surface area contributed by atoms with Crippen molar-refractivity contribution in [2.45, 2.75) is 12.7 Å². The van der Waals surface area contributed by atoms with E-state index >= 15 is 0 Å². The van der Waals surface area contributed by atoms with Crippen LogP contribution in [0.3, 0.4) is 0 Å². The van der Waals surface area contributed by atoms with Crippen LogP contribution in [0.5, 0.6) is 11.5 Å². The van der Waals surface area contributed by atoms with Crippen LogP contribution in [-0.4, -0.2) is 12.5 Å². The SMILES string of the molecule is NC(=O)c1ccccc1-c1ccc2c(c1)C(c1cccc(Cl)c1)Oc1cccc(OC(F)F)c1-2. The summed E-state index contributed by atoms with van der Waals surface area (Å²) in [6, 6.07) is 24.6. The summed E-state index contributed by atoms with van der Waals surface area (Å²) in [7, 11) is 0. The average Bonchev–Trinajstić information content (AvgIpc) is 2.83. The minimum absolute atomic E-state index is 0.0172. The van der Waals surface area contributed by atoms with E-state index in [2.05, 4.69) is 0 Å². The first-order valence-corrected chi connectivity index (χ1v) is 10.8. The molecule has 0 saturated carbocycles. The summed E-state index contributed by atoms with van der Waals surface area (Å²) in [6.07, 6.45) is -0.566. The fraction of sp³-hybridized carbons (Fsp3) is 0.0741. The van der Waals surface area contributed by atoms with Crippen LogP contribution >= 0.6 is 11.6 Å². The van der Waals surface area contributed by atoms with Crippen LogP contribution in [0, 0.1) is 0 Å². The van der Waals surface area contributed by atoms with E-state index in [0.717, 1.165) is 16.7 Å². The second-order valence-electron chi connectivity index (χ2n) is 7.77. The van der Waals surface area contributed by atoms with E-state index in [1.807, 2.05) is 36.4 Å². The van der Waals surface area contributed by atoms with Gasteiger partial charge >= 0.3 is 6.61 Å². The first-order chi connectivity index (χ1) is 16.4. The zero-order valence-corrected chi connectivity index (χ0v) is 18.4. The zero-order chi connectivity index (χ0) is 23.8. The Morgan fingerprint density at radius 1 is 0.941 bits per heavy atom. The Kier molecular flexibility index (Phi) is 5.67. The quantitative estimate of drug-likeness (QED) is 0.341. The number of rotatable bonds is 5. The second-order valence-corrected chi connectivity index (χ2v) is 8.21. The van der Waals surface area contributed by atoms with Crippen LogP contribution in [-0.2, 0) is 0 Å². The van der Waals surface area contributed by atoms with Gasteiger partial charge in [-0.2, -0.15) is 8.78 Å². The molecule has 0 spiro atoms. The summed E-state index contributed by atoms with van der Waals surface area (Å²) >= 11 is 6.25. The Labute approximate surface area is 199 Å². The number of carbonyl (C=O) groups is 1. The van der Waals surface area contributed by atoms with E-state index in [9.17, 15) is 13.6 Å². The van der Waals surface area contributed by atoms with E-state index in [-0.39, 0.29) is 5.75 Å². The monoisotopic (exact) mass is 477 g/mol. The van der Waals surface area contributed by atoms with Gasteiger partial charge in [0.1, 0.15) is 17.6 Å². The van der Waals surface area contributed by atoms with Crippen molar-refractivity contribution in [2.24, 2.45) is 5.73 Å². The molecule has 5 rings (SSSR count). The van der Waals surface area contributed by atoms with Gasteiger partial charge in [0, 0.05) is 16.1 Å². The largest absolute Gasteiger partial charge is 0.480 e. The maximum absolute atomic E-state index is 13.1. The number of primary amides is 1. The lowest BCUT2D eigenvalue weighted by Gasteiger charge is -2.31. The van der Waals surface area contributed by atoms with E-state index < -0.39 is 18.6 Å². The number of fused-ring (bicyclic) bond motifs is 3. The molecule has 0 radical (unpaired) electrons. The number of nitrogens with two attached hydrogens (primary N) is 1. The lowest BCUT2D eigenvalue weighted by atomic mass is 9.86. The van der Waals surface area contributed by atoms with Gasteiger partial charge in [0.2, 0.25) is 5.91 Å². The zero-order valence-electron chi connectivity index (χ0n) is 17.7. The minimum atomic E-state index is -2.98. The van der Waals surface area contributed by atoms with Crippen LogP contribution in [0.1, 0.15) is 27.6 Å². The van der Waals surface area contributed by atoms with Crippen molar-refractivity contribution in [2.75, 3.05) is 0 Å². The third kappa shape index (κ3) is 3.97.